The lowest BCUT2D eigenvalue weighted by Gasteiger charge is -2.14. The summed E-state index contributed by atoms with van der Waals surface area (Å²) in [7, 11) is -3.87. The van der Waals surface area contributed by atoms with Gasteiger partial charge in [-0.05, 0) is 36.6 Å². The van der Waals surface area contributed by atoms with Gasteiger partial charge in [0, 0.05) is 6.20 Å². The van der Waals surface area contributed by atoms with Gasteiger partial charge in [-0.3, -0.25) is 9.71 Å². The maximum Gasteiger partial charge on any atom is 0.261 e. The number of aryl methyl sites for hydroxylation is 2. The molecule has 27 heavy (non-hydrogen) atoms. The minimum Gasteiger partial charge on any atom is -0.276 e. The highest BCUT2D eigenvalue weighted by Gasteiger charge is 2.20. The molecule has 0 bridgehead atoms. The van der Waals surface area contributed by atoms with E-state index in [2.05, 4.69) is 9.71 Å². The van der Waals surface area contributed by atoms with Gasteiger partial charge < -0.3 is 0 Å². The first-order valence-corrected chi connectivity index (χ1v) is 10.3. The van der Waals surface area contributed by atoms with Crippen molar-refractivity contribution < 1.29 is 12.8 Å². The summed E-state index contributed by atoms with van der Waals surface area (Å²) in [5.41, 5.74) is 0.985. The van der Waals surface area contributed by atoms with Crippen molar-refractivity contribution >= 4 is 38.9 Å². The van der Waals surface area contributed by atoms with Crippen LogP contribution in [0.25, 0.3) is 0 Å². The molecule has 1 heterocycles. The molecule has 8 heteroatoms. The Balaban J connectivity index is 1.92. The molecule has 0 fully saturated rings. The van der Waals surface area contributed by atoms with Crippen LogP contribution in [0.4, 0.5) is 10.1 Å². The molecule has 0 saturated carbocycles. The van der Waals surface area contributed by atoms with Crippen molar-refractivity contribution in [2.45, 2.75) is 17.7 Å². The van der Waals surface area contributed by atoms with E-state index >= 15 is 0 Å². The van der Waals surface area contributed by atoms with Gasteiger partial charge in [-0.15, -0.1) is 0 Å². The largest absolute Gasteiger partial charge is 0.276 e. The molecule has 1 aromatic heterocycles. The minimum absolute atomic E-state index is 0.0507. The van der Waals surface area contributed by atoms with Gasteiger partial charge in [0.1, 0.15) is 5.82 Å². The first kappa shape index (κ1) is 19.6. The number of halogens is 3. The lowest BCUT2D eigenvalue weighted by atomic mass is 10.1. The van der Waals surface area contributed by atoms with Gasteiger partial charge in [0.05, 0.1) is 26.3 Å². The zero-order chi connectivity index (χ0) is 19.4. The fourth-order valence-electron chi connectivity index (χ4n) is 2.54. The average molecular weight is 425 g/mol. The maximum atomic E-state index is 13.8. The smallest absolute Gasteiger partial charge is 0.261 e. The van der Waals surface area contributed by atoms with Crippen LogP contribution in [0.1, 0.15) is 11.3 Å². The molecule has 0 aliphatic carbocycles. The molecular formula is C19H15Cl2FN2O2S. The number of hydrogen-bond donors (Lipinski definition) is 1. The number of rotatable bonds is 6. The van der Waals surface area contributed by atoms with E-state index in [0.29, 0.717) is 17.7 Å². The standard InChI is InChI=1S/C19H15Cl2FN2O2S/c20-15-12-23-17(11-10-13-6-4-5-9-16(13)22)19(18(15)21)24-27(25,26)14-7-2-1-3-8-14/h1-9,12,24H,10-11H2. The third-order valence-corrected chi connectivity index (χ3v) is 6.07. The molecule has 0 amide bonds. The number of nitrogens with zero attached hydrogens (tertiary/aromatic N) is 1. The van der Waals surface area contributed by atoms with Crippen LogP contribution in [-0.2, 0) is 22.9 Å². The van der Waals surface area contributed by atoms with Crippen LogP contribution in [0, 0.1) is 5.82 Å². The van der Waals surface area contributed by atoms with Gasteiger partial charge in [-0.2, -0.15) is 0 Å². The maximum absolute atomic E-state index is 13.8. The molecule has 1 N–H and O–H groups in total. The molecule has 4 nitrogen and oxygen atoms in total. The number of pyridine rings is 1. The third kappa shape index (κ3) is 4.58. The van der Waals surface area contributed by atoms with E-state index in [0.717, 1.165) is 0 Å². The number of benzene rings is 2. The lowest BCUT2D eigenvalue weighted by Crippen LogP contribution is -2.15. The first-order valence-electron chi connectivity index (χ1n) is 8.02. The van der Waals surface area contributed by atoms with Gasteiger partial charge in [-0.25, -0.2) is 12.8 Å². The highest BCUT2D eigenvalue weighted by atomic mass is 35.5. The first-order chi connectivity index (χ1) is 12.9. The number of sulfonamides is 1. The number of hydrogen-bond acceptors (Lipinski definition) is 3. The molecular weight excluding hydrogens is 410 g/mol. The van der Waals surface area contributed by atoms with Crippen LogP contribution in [0.5, 0.6) is 0 Å². The molecule has 2 aromatic carbocycles. The summed E-state index contributed by atoms with van der Waals surface area (Å²) in [6.07, 6.45) is 1.96. The Morgan fingerprint density at radius 1 is 0.963 bits per heavy atom. The monoisotopic (exact) mass is 424 g/mol. The van der Waals surface area contributed by atoms with Crippen LogP contribution in [-0.4, -0.2) is 13.4 Å². The van der Waals surface area contributed by atoms with E-state index in [-0.39, 0.29) is 32.9 Å². The summed E-state index contributed by atoms with van der Waals surface area (Å²) in [5, 5.41) is 0.173. The van der Waals surface area contributed by atoms with Crippen molar-refractivity contribution in [1.82, 2.24) is 4.98 Å². The van der Waals surface area contributed by atoms with Crippen molar-refractivity contribution in [2.24, 2.45) is 0 Å². The SMILES string of the molecule is O=S(=O)(Nc1c(CCc2ccccc2F)ncc(Cl)c1Cl)c1ccccc1. The predicted octanol–water partition coefficient (Wildman–Crippen LogP) is 5.11. The minimum atomic E-state index is -3.87. The molecule has 0 atom stereocenters. The molecule has 0 saturated heterocycles. The Morgan fingerprint density at radius 3 is 2.33 bits per heavy atom. The fraction of sp³-hybridized carbons (Fsp3) is 0.105. The van der Waals surface area contributed by atoms with Crippen molar-refractivity contribution in [2.75, 3.05) is 4.72 Å². The molecule has 0 aliphatic rings. The van der Waals surface area contributed by atoms with Gasteiger partial charge in [0.25, 0.3) is 10.0 Å². The summed E-state index contributed by atoms with van der Waals surface area (Å²) in [5.74, 6) is -0.330. The zero-order valence-corrected chi connectivity index (χ0v) is 16.3. The molecule has 0 radical (unpaired) electrons. The normalized spacial score (nSPS) is 11.4. The van der Waals surface area contributed by atoms with Crippen molar-refractivity contribution in [3.05, 3.63) is 87.9 Å². The summed E-state index contributed by atoms with van der Waals surface area (Å²) in [4.78, 5) is 4.28. The summed E-state index contributed by atoms with van der Waals surface area (Å²) >= 11 is 12.2. The molecule has 0 unspecified atom stereocenters. The van der Waals surface area contributed by atoms with Crippen LogP contribution < -0.4 is 4.72 Å². The second kappa shape index (κ2) is 8.25. The van der Waals surface area contributed by atoms with Gasteiger partial charge in [0.2, 0.25) is 0 Å². The topological polar surface area (TPSA) is 59.1 Å². The Labute approximate surface area is 167 Å². The van der Waals surface area contributed by atoms with Crippen LogP contribution in [0.15, 0.2) is 65.7 Å². The van der Waals surface area contributed by atoms with E-state index < -0.39 is 10.0 Å². The molecule has 3 aromatic rings. The predicted molar refractivity (Wildman–Crippen MR) is 105 cm³/mol. The Bertz CT molecular complexity index is 1060. The average Bonchev–Trinajstić information content (AvgIpc) is 2.67. The van der Waals surface area contributed by atoms with Crippen molar-refractivity contribution in [3.8, 4) is 0 Å². The van der Waals surface area contributed by atoms with Gasteiger partial charge in [0.15, 0.2) is 0 Å². The Kier molecular flexibility index (Phi) is 5.99. The fourth-order valence-corrected chi connectivity index (χ4v) is 4.07. The van der Waals surface area contributed by atoms with Crippen molar-refractivity contribution in [1.29, 1.82) is 0 Å². The van der Waals surface area contributed by atoms with Crippen LogP contribution >= 0.6 is 23.2 Å². The van der Waals surface area contributed by atoms with Gasteiger partial charge >= 0.3 is 0 Å². The van der Waals surface area contributed by atoms with E-state index in [1.807, 2.05) is 0 Å². The van der Waals surface area contributed by atoms with E-state index in [1.54, 1.807) is 36.4 Å². The van der Waals surface area contributed by atoms with Gasteiger partial charge in [-0.1, -0.05) is 59.6 Å². The summed E-state index contributed by atoms with van der Waals surface area (Å²) in [6.45, 7) is 0. The summed E-state index contributed by atoms with van der Waals surface area (Å²) in [6, 6.07) is 14.3. The second-order valence-electron chi connectivity index (χ2n) is 5.75. The quantitative estimate of drug-likeness (QED) is 0.597. The van der Waals surface area contributed by atoms with E-state index in [9.17, 15) is 12.8 Å². The Hall–Kier alpha value is -2.15. The highest BCUT2D eigenvalue weighted by Crippen LogP contribution is 2.34. The van der Waals surface area contributed by atoms with Crippen LogP contribution in [0.2, 0.25) is 10.0 Å². The molecule has 3 rings (SSSR count). The highest BCUT2D eigenvalue weighted by molar-refractivity contribution is 7.92. The Morgan fingerprint density at radius 2 is 1.63 bits per heavy atom. The number of anilines is 1. The van der Waals surface area contributed by atoms with E-state index in [4.69, 9.17) is 23.2 Å². The lowest BCUT2D eigenvalue weighted by molar-refractivity contribution is 0.600. The van der Waals surface area contributed by atoms with E-state index in [1.165, 1.54) is 24.4 Å². The molecule has 140 valence electrons. The molecule has 0 aliphatic heterocycles. The second-order valence-corrected chi connectivity index (χ2v) is 8.22. The number of aromatic nitrogens is 1. The molecule has 0 spiro atoms. The van der Waals surface area contributed by atoms with Crippen LogP contribution in [0.3, 0.4) is 0 Å². The zero-order valence-electron chi connectivity index (χ0n) is 14.0. The number of nitrogens with one attached hydrogen (secondary N) is 1. The van der Waals surface area contributed by atoms with Crippen molar-refractivity contribution in [3.63, 3.8) is 0 Å². The summed E-state index contributed by atoms with van der Waals surface area (Å²) < 4.78 is 41.6. The third-order valence-electron chi connectivity index (χ3n) is 3.93.